The van der Waals surface area contributed by atoms with E-state index in [0.29, 0.717) is 30.3 Å². The number of benzene rings is 1. The zero-order valence-corrected chi connectivity index (χ0v) is 21.4. The predicted octanol–water partition coefficient (Wildman–Crippen LogP) is 3.68. The first kappa shape index (κ1) is 25.0. The Balaban J connectivity index is 1.36. The molecule has 3 fully saturated rings. The Bertz CT molecular complexity index is 946. The number of piperazine rings is 1. The third-order valence-electron chi connectivity index (χ3n) is 7.74. The van der Waals surface area contributed by atoms with E-state index in [-0.39, 0.29) is 29.7 Å². The third-order valence-corrected chi connectivity index (χ3v) is 7.96. The van der Waals surface area contributed by atoms with Crippen LogP contribution >= 0.6 is 11.6 Å². The van der Waals surface area contributed by atoms with Gasteiger partial charge in [0.2, 0.25) is 17.7 Å². The Labute approximate surface area is 207 Å². The molecular weight excluding hydrogens is 452 g/mol. The molecule has 1 aromatic carbocycles. The minimum absolute atomic E-state index is 0.0567. The molecule has 2 aliphatic heterocycles. The highest BCUT2D eigenvalue weighted by molar-refractivity contribution is 6.31. The Morgan fingerprint density at radius 1 is 1.15 bits per heavy atom. The monoisotopic (exact) mass is 488 g/mol. The van der Waals surface area contributed by atoms with Gasteiger partial charge in [0, 0.05) is 75.3 Å². The molecule has 0 aromatic heterocycles. The third kappa shape index (κ3) is 5.74. The highest BCUT2D eigenvalue weighted by Crippen LogP contribution is 2.30. The van der Waals surface area contributed by atoms with Crippen molar-refractivity contribution in [3.63, 3.8) is 0 Å². The summed E-state index contributed by atoms with van der Waals surface area (Å²) in [7, 11) is 1.78. The van der Waals surface area contributed by atoms with Gasteiger partial charge in [0.1, 0.15) is 0 Å². The van der Waals surface area contributed by atoms with Crippen molar-refractivity contribution in [1.29, 1.82) is 0 Å². The van der Waals surface area contributed by atoms with Gasteiger partial charge in [-0.1, -0.05) is 24.4 Å². The smallest absolute Gasteiger partial charge is 0.226 e. The minimum atomic E-state index is -0.0860. The number of rotatable bonds is 6. The molecule has 2 atom stereocenters. The van der Waals surface area contributed by atoms with E-state index in [9.17, 15) is 14.4 Å². The van der Waals surface area contributed by atoms with Gasteiger partial charge in [-0.05, 0) is 55.9 Å². The van der Waals surface area contributed by atoms with Crippen LogP contribution in [0, 0.1) is 18.8 Å². The number of carbonyl (C=O) groups is 3. The molecule has 3 aliphatic rings. The fraction of sp³-hybridized carbons (Fsp3) is 0.654. The second-order valence-corrected chi connectivity index (χ2v) is 10.9. The Hall–Kier alpha value is -2.12. The van der Waals surface area contributed by atoms with Crippen LogP contribution in [0.2, 0.25) is 5.02 Å². The summed E-state index contributed by atoms with van der Waals surface area (Å²) in [4.78, 5) is 43.5. The molecule has 34 heavy (non-hydrogen) atoms. The molecule has 2 saturated heterocycles. The van der Waals surface area contributed by atoms with Crippen LogP contribution in [-0.2, 0) is 20.9 Å². The van der Waals surface area contributed by atoms with E-state index in [1.807, 2.05) is 13.0 Å². The van der Waals surface area contributed by atoms with Crippen LogP contribution in [-0.4, -0.2) is 71.7 Å². The van der Waals surface area contributed by atoms with Crippen LogP contribution in [0.15, 0.2) is 12.1 Å². The molecule has 4 rings (SSSR count). The van der Waals surface area contributed by atoms with Crippen molar-refractivity contribution in [2.45, 2.75) is 65.0 Å². The molecule has 0 radical (unpaired) electrons. The molecule has 3 amide bonds. The summed E-state index contributed by atoms with van der Waals surface area (Å²) in [5.41, 5.74) is 2.82. The average molecular weight is 489 g/mol. The quantitative estimate of drug-likeness (QED) is 0.663. The molecule has 2 heterocycles. The summed E-state index contributed by atoms with van der Waals surface area (Å²) >= 11 is 6.42. The molecule has 186 valence electrons. The largest absolute Gasteiger partial charge is 0.345 e. The number of nitrogens with zero attached hydrogens (tertiary/aromatic N) is 3. The zero-order valence-electron chi connectivity index (χ0n) is 20.6. The zero-order chi connectivity index (χ0) is 24.4. The lowest BCUT2D eigenvalue weighted by molar-refractivity contribution is -0.140. The Kier molecular flexibility index (Phi) is 7.83. The van der Waals surface area contributed by atoms with Gasteiger partial charge in [-0.15, -0.1) is 0 Å². The van der Waals surface area contributed by atoms with E-state index in [2.05, 4.69) is 22.0 Å². The van der Waals surface area contributed by atoms with Crippen LogP contribution in [0.5, 0.6) is 0 Å². The fourth-order valence-electron chi connectivity index (χ4n) is 5.74. The van der Waals surface area contributed by atoms with E-state index < -0.39 is 0 Å². The van der Waals surface area contributed by atoms with Gasteiger partial charge in [0.05, 0.1) is 0 Å². The molecule has 1 saturated carbocycles. The van der Waals surface area contributed by atoms with Crippen molar-refractivity contribution < 1.29 is 14.4 Å². The van der Waals surface area contributed by atoms with Gasteiger partial charge in [0.25, 0.3) is 0 Å². The van der Waals surface area contributed by atoms with E-state index in [4.69, 9.17) is 11.6 Å². The molecule has 0 bridgehead atoms. The molecule has 0 spiro atoms. The van der Waals surface area contributed by atoms with Gasteiger partial charge in [-0.2, -0.15) is 0 Å². The standard InChI is InChI=1S/C26H37ClN4O3/c1-17-14-30(8-9-31(17)26(34)20-6-4-5-7-20)16-21-12-22(27)13-23(18(21)2)28-24(32)10-19-11-25(33)29(3)15-19/h12-13,17,19-20H,4-11,14-16H2,1-3H3,(H,28,32)/t17-,19+/m0/s1. The Morgan fingerprint density at radius 2 is 1.88 bits per heavy atom. The van der Waals surface area contributed by atoms with Crippen molar-refractivity contribution in [2.75, 3.05) is 38.5 Å². The van der Waals surface area contributed by atoms with Crippen molar-refractivity contribution in [3.05, 3.63) is 28.3 Å². The summed E-state index contributed by atoms with van der Waals surface area (Å²) in [6.45, 7) is 7.92. The van der Waals surface area contributed by atoms with Crippen molar-refractivity contribution in [2.24, 2.45) is 11.8 Å². The van der Waals surface area contributed by atoms with Gasteiger partial charge in [0.15, 0.2) is 0 Å². The maximum absolute atomic E-state index is 12.9. The highest BCUT2D eigenvalue weighted by Gasteiger charge is 2.33. The van der Waals surface area contributed by atoms with Gasteiger partial charge >= 0.3 is 0 Å². The molecule has 7 nitrogen and oxygen atoms in total. The van der Waals surface area contributed by atoms with Crippen LogP contribution in [0.4, 0.5) is 5.69 Å². The minimum Gasteiger partial charge on any atom is -0.345 e. The first-order valence-corrected chi connectivity index (χ1v) is 12.9. The number of hydrogen-bond donors (Lipinski definition) is 1. The van der Waals surface area contributed by atoms with E-state index in [0.717, 1.165) is 55.8 Å². The van der Waals surface area contributed by atoms with Gasteiger partial charge in [-0.3, -0.25) is 19.3 Å². The summed E-state index contributed by atoms with van der Waals surface area (Å²) in [5, 5.41) is 3.62. The van der Waals surface area contributed by atoms with E-state index in [1.54, 1.807) is 18.0 Å². The number of likely N-dealkylation sites (tertiary alicyclic amines) is 1. The van der Waals surface area contributed by atoms with E-state index >= 15 is 0 Å². The van der Waals surface area contributed by atoms with Crippen molar-refractivity contribution in [3.8, 4) is 0 Å². The highest BCUT2D eigenvalue weighted by atomic mass is 35.5. The molecular formula is C26H37ClN4O3. The second kappa shape index (κ2) is 10.6. The number of anilines is 1. The van der Waals surface area contributed by atoms with Gasteiger partial charge in [-0.25, -0.2) is 0 Å². The molecule has 1 aliphatic carbocycles. The summed E-state index contributed by atoms with van der Waals surface area (Å²) in [6.07, 6.45) is 5.18. The maximum Gasteiger partial charge on any atom is 0.226 e. The molecule has 1 aromatic rings. The van der Waals surface area contributed by atoms with Crippen LogP contribution in [0.25, 0.3) is 0 Å². The summed E-state index contributed by atoms with van der Waals surface area (Å²) < 4.78 is 0. The summed E-state index contributed by atoms with van der Waals surface area (Å²) in [5.74, 6) is 0.624. The maximum atomic E-state index is 12.9. The van der Waals surface area contributed by atoms with Crippen LogP contribution in [0.1, 0.15) is 56.6 Å². The fourth-order valence-corrected chi connectivity index (χ4v) is 5.98. The lowest BCUT2D eigenvalue weighted by Gasteiger charge is -2.41. The van der Waals surface area contributed by atoms with Crippen LogP contribution in [0.3, 0.4) is 0 Å². The Morgan fingerprint density at radius 3 is 2.53 bits per heavy atom. The molecule has 0 unspecified atom stereocenters. The average Bonchev–Trinajstić information content (AvgIpc) is 3.41. The normalized spacial score (nSPS) is 24.2. The van der Waals surface area contributed by atoms with E-state index in [1.165, 1.54) is 12.8 Å². The summed E-state index contributed by atoms with van der Waals surface area (Å²) in [6, 6.07) is 3.95. The number of amides is 3. The number of nitrogens with one attached hydrogen (secondary N) is 1. The van der Waals surface area contributed by atoms with Gasteiger partial charge < -0.3 is 15.1 Å². The second-order valence-electron chi connectivity index (χ2n) is 10.4. The topological polar surface area (TPSA) is 73.0 Å². The number of hydrogen-bond acceptors (Lipinski definition) is 4. The first-order chi connectivity index (χ1) is 16.2. The lowest BCUT2D eigenvalue weighted by atomic mass is 10.0. The lowest BCUT2D eigenvalue weighted by Crippen LogP contribution is -2.54. The van der Waals surface area contributed by atoms with Crippen molar-refractivity contribution >= 4 is 35.0 Å². The number of carbonyl (C=O) groups excluding carboxylic acids is 3. The molecule has 1 N–H and O–H groups in total. The number of halogens is 1. The van der Waals surface area contributed by atoms with Crippen molar-refractivity contribution in [1.82, 2.24) is 14.7 Å². The first-order valence-electron chi connectivity index (χ1n) is 12.6. The predicted molar refractivity (Wildman–Crippen MR) is 134 cm³/mol. The SMILES string of the molecule is Cc1c(CN2CCN(C(=O)C3CCCC3)[C@@H](C)C2)cc(Cl)cc1NC(=O)C[C@@H]1CC(=O)N(C)C1. The van der Waals surface area contributed by atoms with Crippen LogP contribution < -0.4 is 5.32 Å². The molecule has 8 heteroatoms.